The molecule has 0 amide bonds. The van der Waals surface area contributed by atoms with E-state index in [1.165, 1.54) is 16.3 Å². The summed E-state index contributed by atoms with van der Waals surface area (Å²) in [5.74, 6) is 2.34. The molecule has 2 atom stereocenters. The Morgan fingerprint density at radius 3 is 3.00 bits per heavy atom. The van der Waals surface area contributed by atoms with Crippen LogP contribution in [0, 0.1) is 10.1 Å². The van der Waals surface area contributed by atoms with Crippen LogP contribution in [0.4, 0.5) is 5.69 Å². The van der Waals surface area contributed by atoms with E-state index in [4.69, 9.17) is 16.6 Å². The van der Waals surface area contributed by atoms with Gasteiger partial charge in [0.1, 0.15) is 5.02 Å². The first-order chi connectivity index (χ1) is 10.6. The highest BCUT2D eigenvalue weighted by Gasteiger charge is 2.41. The minimum Gasteiger partial charge on any atom is -0.260 e. The van der Waals surface area contributed by atoms with Crippen molar-refractivity contribution in [2.24, 2.45) is 4.99 Å². The molecule has 1 aromatic rings. The molecule has 2 unspecified atom stereocenters. The Kier molecular flexibility index (Phi) is 3.71. The molecule has 1 saturated heterocycles. The van der Waals surface area contributed by atoms with E-state index in [9.17, 15) is 10.1 Å². The average molecular weight is 353 g/mol. The number of benzene rings is 1. The molecule has 3 heterocycles. The molecular weight excluding hydrogens is 340 g/mol. The van der Waals surface area contributed by atoms with E-state index in [0.717, 1.165) is 29.9 Å². The predicted octanol–water partition coefficient (Wildman–Crippen LogP) is 4.64. The quantitative estimate of drug-likeness (QED) is 0.574. The number of hydrogen-bond acceptors (Lipinski definition) is 5. The normalized spacial score (nSPS) is 26.7. The third kappa shape index (κ3) is 2.28. The molecule has 1 aromatic carbocycles. The topological polar surface area (TPSA) is 55.5 Å². The molecule has 1 fully saturated rings. The maximum atomic E-state index is 11.2. The van der Waals surface area contributed by atoms with Crippen molar-refractivity contribution in [3.05, 3.63) is 49.5 Å². The molecule has 3 aliphatic rings. The zero-order chi connectivity index (χ0) is 15.3. The van der Waals surface area contributed by atoms with Crippen LogP contribution in [0.15, 0.2) is 33.8 Å². The van der Waals surface area contributed by atoms with Crippen LogP contribution in [-0.2, 0) is 0 Å². The Morgan fingerprint density at radius 1 is 1.32 bits per heavy atom. The number of fused-ring (bicyclic) bond motifs is 1. The Bertz CT molecular complexity index is 732. The third-order valence-corrected chi connectivity index (χ3v) is 7.13. The molecule has 4 rings (SSSR count). The fourth-order valence-electron chi connectivity index (χ4n) is 3.28. The van der Waals surface area contributed by atoms with Crippen LogP contribution >= 0.6 is 35.1 Å². The summed E-state index contributed by atoms with van der Waals surface area (Å²) < 4.78 is 0. The lowest BCUT2D eigenvalue weighted by Gasteiger charge is -2.29. The standard InChI is InChI=1S/C15H13ClN2O2S2/c16-9-2-1-8(7-12(9)18(19)20)13-14-10(3-5-21-14)17-11-4-6-22-15(11)13/h1-2,7,13-14H,3-6H2. The Labute approximate surface area is 141 Å². The Morgan fingerprint density at radius 2 is 2.18 bits per heavy atom. The first-order valence-corrected chi connectivity index (χ1v) is 9.55. The van der Waals surface area contributed by atoms with Crippen LogP contribution in [0.25, 0.3) is 0 Å². The van der Waals surface area contributed by atoms with Crippen molar-refractivity contribution in [2.75, 3.05) is 11.5 Å². The van der Waals surface area contributed by atoms with Crippen molar-refractivity contribution in [2.45, 2.75) is 24.0 Å². The maximum Gasteiger partial charge on any atom is 0.288 e. The molecule has 0 spiro atoms. The van der Waals surface area contributed by atoms with Gasteiger partial charge in [0.15, 0.2) is 0 Å². The molecular formula is C15H13ClN2O2S2. The van der Waals surface area contributed by atoms with E-state index >= 15 is 0 Å². The van der Waals surface area contributed by atoms with Gasteiger partial charge in [-0.25, -0.2) is 0 Å². The lowest BCUT2D eigenvalue weighted by Crippen LogP contribution is -2.25. The maximum absolute atomic E-state index is 11.2. The van der Waals surface area contributed by atoms with Gasteiger partial charge in [-0.05, 0) is 30.2 Å². The highest BCUT2D eigenvalue weighted by molar-refractivity contribution is 8.03. The second kappa shape index (κ2) is 5.58. The summed E-state index contributed by atoms with van der Waals surface area (Å²) in [6.07, 6.45) is 2.04. The summed E-state index contributed by atoms with van der Waals surface area (Å²) in [7, 11) is 0. The lowest BCUT2D eigenvalue weighted by atomic mass is 9.88. The molecule has 0 aliphatic carbocycles. The first kappa shape index (κ1) is 14.6. The van der Waals surface area contributed by atoms with Crippen LogP contribution in [0.1, 0.15) is 24.3 Å². The van der Waals surface area contributed by atoms with Gasteiger partial charge in [-0.15, -0.1) is 11.8 Å². The van der Waals surface area contributed by atoms with Gasteiger partial charge in [0, 0.05) is 28.4 Å². The molecule has 0 aromatic heterocycles. The van der Waals surface area contributed by atoms with Crippen LogP contribution in [-0.4, -0.2) is 27.4 Å². The summed E-state index contributed by atoms with van der Waals surface area (Å²) in [6.45, 7) is 0. The molecule has 3 aliphatic heterocycles. The van der Waals surface area contributed by atoms with Crippen molar-refractivity contribution in [3.8, 4) is 0 Å². The zero-order valence-electron chi connectivity index (χ0n) is 11.6. The third-order valence-electron chi connectivity index (χ3n) is 4.25. The SMILES string of the molecule is O=[N+]([O-])c1cc(C2C3=C(CCS3)N=C3CCSC32)ccc1Cl. The van der Waals surface area contributed by atoms with E-state index in [2.05, 4.69) is 0 Å². The molecule has 22 heavy (non-hydrogen) atoms. The number of hydrogen-bond donors (Lipinski definition) is 0. The van der Waals surface area contributed by atoms with Crippen LogP contribution in [0.3, 0.4) is 0 Å². The average Bonchev–Trinajstić information content (AvgIpc) is 3.13. The largest absolute Gasteiger partial charge is 0.288 e. The second-order valence-corrected chi connectivity index (χ2v) is 8.29. The van der Waals surface area contributed by atoms with Gasteiger partial charge in [0.25, 0.3) is 5.69 Å². The van der Waals surface area contributed by atoms with E-state index in [-0.39, 0.29) is 16.6 Å². The van der Waals surface area contributed by atoms with Crippen LogP contribution < -0.4 is 0 Å². The number of aliphatic imine (C=N–C) groups is 1. The molecule has 7 heteroatoms. The lowest BCUT2D eigenvalue weighted by molar-refractivity contribution is -0.384. The molecule has 0 N–H and O–H groups in total. The Balaban J connectivity index is 1.82. The van der Waals surface area contributed by atoms with Gasteiger partial charge in [0.05, 0.1) is 15.9 Å². The highest BCUT2D eigenvalue weighted by atomic mass is 35.5. The van der Waals surface area contributed by atoms with Crippen molar-refractivity contribution in [3.63, 3.8) is 0 Å². The smallest absolute Gasteiger partial charge is 0.260 e. The summed E-state index contributed by atoms with van der Waals surface area (Å²) >= 11 is 9.73. The molecule has 4 nitrogen and oxygen atoms in total. The summed E-state index contributed by atoms with van der Waals surface area (Å²) in [5.41, 5.74) is 3.44. The number of nitro groups is 1. The Hall–Kier alpha value is -0.980. The first-order valence-electron chi connectivity index (χ1n) is 7.14. The molecule has 0 bridgehead atoms. The summed E-state index contributed by atoms with van der Waals surface area (Å²) in [4.78, 5) is 16.9. The summed E-state index contributed by atoms with van der Waals surface area (Å²) in [6, 6.07) is 5.24. The van der Waals surface area contributed by atoms with E-state index in [1.54, 1.807) is 12.1 Å². The number of thioether (sulfide) groups is 2. The van der Waals surface area contributed by atoms with Crippen LogP contribution in [0.2, 0.25) is 5.02 Å². The fourth-order valence-corrected chi connectivity index (χ4v) is 6.27. The minimum atomic E-state index is -0.400. The molecule has 0 radical (unpaired) electrons. The minimum absolute atomic E-state index is 0.00336. The van der Waals surface area contributed by atoms with Gasteiger partial charge < -0.3 is 0 Å². The zero-order valence-corrected chi connectivity index (χ0v) is 14.0. The van der Waals surface area contributed by atoms with Gasteiger partial charge in [-0.3, -0.25) is 15.1 Å². The van der Waals surface area contributed by atoms with Crippen molar-refractivity contribution in [1.82, 2.24) is 0 Å². The predicted molar refractivity (Wildman–Crippen MR) is 93.2 cm³/mol. The monoisotopic (exact) mass is 352 g/mol. The van der Waals surface area contributed by atoms with Gasteiger partial charge >= 0.3 is 0 Å². The number of allylic oxidation sites excluding steroid dienone is 2. The number of nitro benzene ring substituents is 1. The number of nitrogens with zero attached hydrogens (tertiary/aromatic N) is 2. The van der Waals surface area contributed by atoms with Crippen molar-refractivity contribution < 1.29 is 4.92 Å². The number of halogens is 1. The fraction of sp³-hybridized carbons (Fsp3) is 0.400. The van der Waals surface area contributed by atoms with E-state index < -0.39 is 4.92 Å². The van der Waals surface area contributed by atoms with Crippen molar-refractivity contribution in [1.29, 1.82) is 0 Å². The summed E-state index contributed by atoms with van der Waals surface area (Å²) in [5, 5.41) is 11.7. The van der Waals surface area contributed by atoms with E-state index in [0.29, 0.717) is 5.25 Å². The molecule has 0 saturated carbocycles. The van der Waals surface area contributed by atoms with Gasteiger partial charge in [-0.2, -0.15) is 11.8 Å². The van der Waals surface area contributed by atoms with Gasteiger partial charge in [-0.1, -0.05) is 17.7 Å². The van der Waals surface area contributed by atoms with Gasteiger partial charge in [0.2, 0.25) is 0 Å². The van der Waals surface area contributed by atoms with E-state index in [1.807, 2.05) is 29.6 Å². The van der Waals surface area contributed by atoms with Crippen molar-refractivity contribution >= 4 is 46.5 Å². The molecule has 114 valence electrons. The van der Waals surface area contributed by atoms with Crippen LogP contribution in [0.5, 0.6) is 0 Å². The number of rotatable bonds is 2. The highest BCUT2D eigenvalue weighted by Crippen LogP contribution is 2.52. The second-order valence-electron chi connectivity index (χ2n) is 5.50.